The first-order valence-electron chi connectivity index (χ1n) is 6.18. The largest absolute Gasteiger partial charge is 0.330 e. The second-order valence-electron chi connectivity index (χ2n) is 5.78. The Morgan fingerprint density at radius 2 is 1.93 bits per heavy atom. The van der Waals surface area contributed by atoms with Gasteiger partial charge in [0.2, 0.25) is 0 Å². The van der Waals surface area contributed by atoms with Gasteiger partial charge in [-0.15, -0.1) is 0 Å². The molecule has 3 aliphatic carbocycles. The van der Waals surface area contributed by atoms with Gasteiger partial charge >= 0.3 is 0 Å². The fourth-order valence-corrected chi connectivity index (χ4v) is 4.56. The molecule has 0 aromatic carbocycles. The quantitative estimate of drug-likeness (QED) is 0.679. The molecule has 4 fully saturated rings. The van der Waals surface area contributed by atoms with Gasteiger partial charge in [-0.2, -0.15) is 0 Å². The summed E-state index contributed by atoms with van der Waals surface area (Å²) in [6, 6.07) is 0. The summed E-state index contributed by atoms with van der Waals surface area (Å²) >= 11 is 0. The molecule has 0 radical (unpaired) electrons. The van der Waals surface area contributed by atoms with Crippen molar-refractivity contribution in [2.75, 3.05) is 26.7 Å². The Balaban J connectivity index is 1.84. The summed E-state index contributed by atoms with van der Waals surface area (Å²) in [6.45, 7) is 3.65. The average Bonchev–Trinajstić information content (AvgIpc) is 2.61. The van der Waals surface area contributed by atoms with Crippen molar-refractivity contribution in [3.63, 3.8) is 0 Å². The minimum Gasteiger partial charge on any atom is -0.330 e. The Labute approximate surface area is 86.8 Å². The Hall–Kier alpha value is -0.0800. The summed E-state index contributed by atoms with van der Waals surface area (Å²) in [5, 5.41) is 0. The standard InChI is InChI=1S/C12H22N2/c1-14-6-11-8-2-3-10(12(11)7-14)9(4-8)5-13/h8-12H,2-7,13H2,1H3/t8-,9-,10-,11+,12+/m0/s1. The van der Waals surface area contributed by atoms with E-state index >= 15 is 0 Å². The predicted octanol–water partition coefficient (Wildman–Crippen LogP) is 1.17. The maximum Gasteiger partial charge on any atom is 0.00127 e. The van der Waals surface area contributed by atoms with Crippen molar-refractivity contribution < 1.29 is 0 Å². The Morgan fingerprint density at radius 3 is 2.71 bits per heavy atom. The third kappa shape index (κ3) is 1.17. The third-order valence-corrected chi connectivity index (χ3v) is 5.13. The minimum atomic E-state index is 0.862. The Morgan fingerprint density at radius 1 is 1.14 bits per heavy atom. The van der Waals surface area contributed by atoms with Crippen LogP contribution < -0.4 is 5.73 Å². The summed E-state index contributed by atoms with van der Waals surface area (Å²) in [5.74, 6) is 4.88. The number of likely N-dealkylation sites (tertiary alicyclic amines) is 1. The van der Waals surface area contributed by atoms with Crippen molar-refractivity contribution in [2.24, 2.45) is 35.3 Å². The number of fused-ring (bicyclic) bond motifs is 2. The minimum absolute atomic E-state index is 0.862. The van der Waals surface area contributed by atoms with Crippen LogP contribution in [0.1, 0.15) is 19.3 Å². The molecule has 5 atom stereocenters. The lowest BCUT2D eigenvalue weighted by Gasteiger charge is -2.49. The lowest BCUT2D eigenvalue weighted by molar-refractivity contribution is 0.00728. The van der Waals surface area contributed by atoms with Crippen molar-refractivity contribution >= 4 is 0 Å². The molecule has 14 heavy (non-hydrogen) atoms. The number of hydrogen-bond donors (Lipinski definition) is 1. The summed E-state index contributed by atoms with van der Waals surface area (Å²) < 4.78 is 0. The van der Waals surface area contributed by atoms with Crippen molar-refractivity contribution in [1.29, 1.82) is 0 Å². The molecule has 0 amide bonds. The SMILES string of the molecule is CN1C[C@H]2[C@H](C1)[C@H]1CC[C@H]2[C@H](CN)C1. The molecule has 1 saturated heterocycles. The van der Waals surface area contributed by atoms with Gasteiger partial charge in [-0.25, -0.2) is 0 Å². The fourth-order valence-electron chi connectivity index (χ4n) is 4.56. The molecule has 4 rings (SSSR count). The summed E-state index contributed by atoms with van der Waals surface area (Å²) in [5.41, 5.74) is 5.89. The van der Waals surface area contributed by atoms with E-state index in [1.165, 1.54) is 32.4 Å². The maximum absolute atomic E-state index is 5.89. The second kappa shape index (κ2) is 3.21. The first-order chi connectivity index (χ1) is 6.79. The summed E-state index contributed by atoms with van der Waals surface area (Å²) in [4.78, 5) is 2.54. The predicted molar refractivity (Wildman–Crippen MR) is 57.9 cm³/mol. The number of hydrogen-bond acceptors (Lipinski definition) is 2. The fraction of sp³-hybridized carbons (Fsp3) is 1.00. The van der Waals surface area contributed by atoms with E-state index in [9.17, 15) is 0 Å². The molecule has 3 saturated carbocycles. The van der Waals surface area contributed by atoms with Gasteiger partial charge in [-0.05, 0) is 62.4 Å². The lowest BCUT2D eigenvalue weighted by atomic mass is 9.55. The molecule has 0 aromatic heterocycles. The molecular formula is C12H22N2. The van der Waals surface area contributed by atoms with Gasteiger partial charge in [0.1, 0.15) is 0 Å². The molecule has 2 heteroatoms. The van der Waals surface area contributed by atoms with Gasteiger partial charge in [0.25, 0.3) is 0 Å². The van der Waals surface area contributed by atoms with Gasteiger partial charge in [0.05, 0.1) is 0 Å². The van der Waals surface area contributed by atoms with Crippen LogP contribution in [0.4, 0.5) is 0 Å². The summed E-state index contributed by atoms with van der Waals surface area (Å²) in [6.07, 6.45) is 4.41. The molecule has 2 bridgehead atoms. The van der Waals surface area contributed by atoms with Crippen LogP contribution in [-0.2, 0) is 0 Å². The van der Waals surface area contributed by atoms with E-state index in [4.69, 9.17) is 5.73 Å². The van der Waals surface area contributed by atoms with Crippen molar-refractivity contribution in [2.45, 2.75) is 19.3 Å². The van der Waals surface area contributed by atoms with E-state index in [0.29, 0.717) is 0 Å². The van der Waals surface area contributed by atoms with Crippen molar-refractivity contribution in [3.05, 3.63) is 0 Å². The van der Waals surface area contributed by atoms with E-state index < -0.39 is 0 Å². The highest BCUT2D eigenvalue weighted by Gasteiger charge is 2.50. The molecular weight excluding hydrogens is 172 g/mol. The highest BCUT2D eigenvalue weighted by atomic mass is 15.1. The van der Waals surface area contributed by atoms with Crippen LogP contribution in [0, 0.1) is 29.6 Å². The van der Waals surface area contributed by atoms with E-state index in [1.54, 1.807) is 0 Å². The van der Waals surface area contributed by atoms with Crippen LogP contribution in [0.2, 0.25) is 0 Å². The molecule has 2 N–H and O–H groups in total. The zero-order valence-electron chi connectivity index (χ0n) is 9.15. The topological polar surface area (TPSA) is 29.3 Å². The Kier molecular flexibility index (Phi) is 2.10. The third-order valence-electron chi connectivity index (χ3n) is 5.13. The van der Waals surface area contributed by atoms with Crippen molar-refractivity contribution in [1.82, 2.24) is 4.90 Å². The van der Waals surface area contributed by atoms with Crippen LogP contribution in [-0.4, -0.2) is 31.6 Å². The van der Waals surface area contributed by atoms with Gasteiger partial charge in [-0.3, -0.25) is 0 Å². The zero-order chi connectivity index (χ0) is 9.71. The van der Waals surface area contributed by atoms with E-state index in [1.807, 2.05) is 0 Å². The van der Waals surface area contributed by atoms with Crippen LogP contribution in [0.3, 0.4) is 0 Å². The van der Waals surface area contributed by atoms with E-state index in [2.05, 4.69) is 11.9 Å². The molecule has 1 aliphatic heterocycles. The van der Waals surface area contributed by atoms with E-state index in [0.717, 1.165) is 36.1 Å². The first-order valence-corrected chi connectivity index (χ1v) is 6.18. The van der Waals surface area contributed by atoms with Gasteiger partial charge in [0, 0.05) is 13.1 Å². The molecule has 0 aromatic rings. The molecule has 1 heterocycles. The van der Waals surface area contributed by atoms with Crippen LogP contribution in [0.15, 0.2) is 0 Å². The van der Waals surface area contributed by atoms with Crippen LogP contribution in [0.25, 0.3) is 0 Å². The molecule has 4 aliphatic rings. The van der Waals surface area contributed by atoms with Crippen LogP contribution >= 0.6 is 0 Å². The van der Waals surface area contributed by atoms with Crippen molar-refractivity contribution in [3.8, 4) is 0 Å². The molecule has 0 unspecified atom stereocenters. The Bertz CT molecular complexity index is 228. The second-order valence-corrected chi connectivity index (χ2v) is 5.78. The highest BCUT2D eigenvalue weighted by molar-refractivity contribution is 5.01. The summed E-state index contributed by atoms with van der Waals surface area (Å²) in [7, 11) is 2.29. The monoisotopic (exact) mass is 194 g/mol. The van der Waals surface area contributed by atoms with Crippen LogP contribution in [0.5, 0.6) is 0 Å². The number of rotatable bonds is 1. The number of nitrogens with zero attached hydrogens (tertiary/aromatic N) is 1. The highest BCUT2D eigenvalue weighted by Crippen LogP contribution is 2.53. The first kappa shape index (κ1) is 9.17. The zero-order valence-corrected chi connectivity index (χ0v) is 9.15. The smallest absolute Gasteiger partial charge is 0.00127 e. The van der Waals surface area contributed by atoms with Gasteiger partial charge in [0.15, 0.2) is 0 Å². The number of nitrogens with two attached hydrogens (primary N) is 1. The van der Waals surface area contributed by atoms with E-state index in [-0.39, 0.29) is 0 Å². The maximum atomic E-state index is 5.89. The molecule has 80 valence electrons. The average molecular weight is 194 g/mol. The molecule has 0 spiro atoms. The van der Waals surface area contributed by atoms with Gasteiger partial charge in [-0.1, -0.05) is 0 Å². The normalized spacial score (nSPS) is 52.3. The molecule has 2 nitrogen and oxygen atoms in total. The lowest BCUT2D eigenvalue weighted by Crippen LogP contribution is -2.46. The van der Waals surface area contributed by atoms with Gasteiger partial charge < -0.3 is 10.6 Å².